The second-order valence-electron chi connectivity index (χ2n) is 9.93. The Labute approximate surface area is 234 Å². The second-order valence-corrected chi connectivity index (χ2v) is 9.93. The molecule has 11 heteroatoms. The molecular weight excluding hydrogens is 514 g/mol. The highest BCUT2D eigenvalue weighted by Gasteiger charge is 2.34. The number of carbonyl (C=O) groups is 4. The fourth-order valence-corrected chi connectivity index (χ4v) is 4.47. The molecule has 2 heterocycles. The highest BCUT2D eigenvalue weighted by Crippen LogP contribution is 2.20. The number of nitrogens with zero attached hydrogens (tertiary/aromatic N) is 2. The normalized spacial score (nSPS) is 18.6. The highest BCUT2D eigenvalue weighted by molar-refractivity contribution is 5.90. The predicted molar refractivity (Wildman–Crippen MR) is 151 cm³/mol. The van der Waals surface area contributed by atoms with E-state index in [2.05, 4.69) is 16.1 Å². The molecule has 1 fully saturated rings. The molecular formula is C29H39N5O6. The highest BCUT2D eigenvalue weighted by atomic mass is 16.6. The predicted octanol–water partition coefficient (Wildman–Crippen LogP) is 2.41. The maximum absolute atomic E-state index is 13.1. The number of benzene rings is 1. The van der Waals surface area contributed by atoms with Crippen LogP contribution in [0.3, 0.4) is 0 Å². The maximum atomic E-state index is 13.1. The van der Waals surface area contributed by atoms with Crippen LogP contribution in [0.5, 0.6) is 0 Å². The van der Waals surface area contributed by atoms with Crippen molar-refractivity contribution < 1.29 is 28.7 Å². The van der Waals surface area contributed by atoms with E-state index in [1.165, 1.54) is 26.0 Å². The topological polar surface area (TPSA) is 139 Å². The van der Waals surface area contributed by atoms with E-state index in [-0.39, 0.29) is 11.9 Å². The molecule has 11 nitrogen and oxygen atoms in total. The number of carbonyl (C=O) groups excluding carboxylic acids is 4. The Morgan fingerprint density at radius 2 is 1.85 bits per heavy atom. The Balaban J connectivity index is 1.61. The van der Waals surface area contributed by atoms with Gasteiger partial charge in [-0.1, -0.05) is 30.4 Å². The second kappa shape index (κ2) is 14.0. The van der Waals surface area contributed by atoms with Gasteiger partial charge in [-0.15, -0.1) is 0 Å². The smallest absolute Gasteiger partial charge is 0.303 e. The van der Waals surface area contributed by atoms with Gasteiger partial charge in [-0.05, 0) is 58.2 Å². The molecule has 2 aromatic rings. The standard InChI is InChI=1S/C29H39N5O6/c1-7-9-21-11-12-22-13-14-23(32-25(22)16-21)17(2)30-27(36)24-10-8-15-34(33-24)29(38)18(3)31-28(37)26(19(4)39-6)40-20(5)35/h7,9,11-14,16-19,24,26,33H,8,10,15H2,1-6H3,(H,30,36)(H,31,37)/b9-7+/t17-,18+,19+,24+,26+/m1/s1. The van der Waals surface area contributed by atoms with Gasteiger partial charge in [-0.25, -0.2) is 5.43 Å². The van der Waals surface area contributed by atoms with Gasteiger partial charge in [0.25, 0.3) is 11.8 Å². The number of pyridine rings is 1. The van der Waals surface area contributed by atoms with Crippen molar-refractivity contribution in [1.29, 1.82) is 0 Å². The summed E-state index contributed by atoms with van der Waals surface area (Å²) in [4.78, 5) is 55.1. The Kier molecular flexibility index (Phi) is 10.7. The van der Waals surface area contributed by atoms with Crippen molar-refractivity contribution in [3.8, 4) is 0 Å². The number of fused-ring (bicyclic) bond motifs is 1. The number of hydrogen-bond donors (Lipinski definition) is 3. The fraction of sp³-hybridized carbons (Fsp3) is 0.483. The largest absolute Gasteiger partial charge is 0.450 e. The first-order valence-electron chi connectivity index (χ1n) is 13.5. The van der Waals surface area contributed by atoms with E-state index >= 15 is 0 Å². The lowest BCUT2D eigenvalue weighted by Crippen LogP contribution is -2.61. The minimum Gasteiger partial charge on any atom is -0.450 e. The summed E-state index contributed by atoms with van der Waals surface area (Å²) in [6, 6.07) is 8.00. The lowest BCUT2D eigenvalue weighted by molar-refractivity contribution is -0.162. The summed E-state index contributed by atoms with van der Waals surface area (Å²) in [7, 11) is 1.39. The summed E-state index contributed by atoms with van der Waals surface area (Å²) in [5.74, 6) is -1.96. The number of rotatable bonds is 10. The summed E-state index contributed by atoms with van der Waals surface area (Å²) < 4.78 is 10.2. The van der Waals surface area contributed by atoms with Crippen LogP contribution in [-0.2, 0) is 28.7 Å². The van der Waals surface area contributed by atoms with Crippen LogP contribution in [0.15, 0.2) is 36.4 Å². The van der Waals surface area contributed by atoms with E-state index in [4.69, 9.17) is 14.5 Å². The molecule has 0 bridgehead atoms. The molecule has 0 aliphatic carbocycles. The van der Waals surface area contributed by atoms with E-state index in [0.29, 0.717) is 19.4 Å². The van der Waals surface area contributed by atoms with Crippen LogP contribution >= 0.6 is 0 Å². The van der Waals surface area contributed by atoms with Crippen LogP contribution in [0.2, 0.25) is 0 Å². The minimum absolute atomic E-state index is 0.255. The van der Waals surface area contributed by atoms with Crippen LogP contribution in [0.1, 0.15) is 64.8 Å². The van der Waals surface area contributed by atoms with Gasteiger partial charge in [0.1, 0.15) is 18.2 Å². The number of hydrogen-bond acceptors (Lipinski definition) is 8. The first kappa shape index (κ1) is 30.7. The molecule has 3 rings (SSSR count). The number of aromatic nitrogens is 1. The number of allylic oxidation sites excluding steroid dienone is 1. The molecule has 1 saturated heterocycles. The van der Waals surface area contributed by atoms with Crippen molar-refractivity contribution in [2.24, 2.45) is 0 Å². The van der Waals surface area contributed by atoms with Gasteiger partial charge in [0.05, 0.1) is 17.3 Å². The molecule has 1 aliphatic rings. The SMILES string of the molecule is C/C=C/c1ccc2ccc([C@@H](C)NC(=O)[C@@H]3CCCN(C(=O)[C@H](C)NC(=O)[C@@H](OC(C)=O)[C@H](C)OC)N3)nc2c1. The third-order valence-electron chi connectivity index (χ3n) is 6.75. The Morgan fingerprint density at radius 1 is 1.12 bits per heavy atom. The molecule has 40 heavy (non-hydrogen) atoms. The Bertz CT molecular complexity index is 1260. The maximum Gasteiger partial charge on any atom is 0.303 e. The fourth-order valence-electron chi connectivity index (χ4n) is 4.47. The molecule has 1 aliphatic heterocycles. The molecule has 0 saturated carbocycles. The van der Waals surface area contributed by atoms with Gasteiger partial charge in [0, 0.05) is 26.0 Å². The van der Waals surface area contributed by atoms with E-state index in [0.717, 1.165) is 22.2 Å². The molecule has 0 unspecified atom stereocenters. The summed E-state index contributed by atoms with van der Waals surface area (Å²) in [5.41, 5.74) is 5.61. The van der Waals surface area contributed by atoms with Crippen LogP contribution in [0, 0.1) is 0 Å². The molecule has 3 amide bonds. The van der Waals surface area contributed by atoms with Crippen molar-refractivity contribution in [2.75, 3.05) is 13.7 Å². The van der Waals surface area contributed by atoms with Gasteiger partial charge in [-0.2, -0.15) is 0 Å². The molecule has 1 aromatic heterocycles. The number of hydrazine groups is 1. The number of nitrogens with one attached hydrogen (secondary N) is 3. The third kappa shape index (κ3) is 7.86. The summed E-state index contributed by atoms with van der Waals surface area (Å²) in [6.07, 6.45) is 3.21. The van der Waals surface area contributed by atoms with E-state index in [9.17, 15) is 19.2 Å². The van der Waals surface area contributed by atoms with Gasteiger partial charge in [0.2, 0.25) is 12.0 Å². The zero-order valence-corrected chi connectivity index (χ0v) is 23.9. The lowest BCUT2D eigenvalue weighted by Gasteiger charge is -2.35. The van der Waals surface area contributed by atoms with Gasteiger partial charge < -0.3 is 20.1 Å². The van der Waals surface area contributed by atoms with Crippen molar-refractivity contribution in [2.45, 2.75) is 77.8 Å². The van der Waals surface area contributed by atoms with Crippen molar-refractivity contribution in [1.82, 2.24) is 26.1 Å². The average molecular weight is 554 g/mol. The zero-order chi connectivity index (χ0) is 29.4. The summed E-state index contributed by atoms with van der Waals surface area (Å²) in [5, 5.41) is 7.93. The third-order valence-corrected chi connectivity index (χ3v) is 6.75. The molecule has 0 radical (unpaired) electrons. The number of methoxy groups -OCH3 is 1. The van der Waals surface area contributed by atoms with Crippen LogP contribution < -0.4 is 16.1 Å². The van der Waals surface area contributed by atoms with Gasteiger partial charge >= 0.3 is 5.97 Å². The lowest BCUT2D eigenvalue weighted by atomic mass is 10.1. The summed E-state index contributed by atoms with van der Waals surface area (Å²) >= 11 is 0. The number of esters is 1. The molecule has 0 spiro atoms. The first-order chi connectivity index (χ1) is 19.0. The van der Waals surface area contributed by atoms with Crippen LogP contribution in [0.25, 0.3) is 17.0 Å². The summed E-state index contributed by atoms with van der Waals surface area (Å²) in [6.45, 7) is 8.51. The Morgan fingerprint density at radius 3 is 2.52 bits per heavy atom. The van der Waals surface area contributed by atoms with Gasteiger partial charge in [0.15, 0.2) is 0 Å². The van der Waals surface area contributed by atoms with E-state index in [1.54, 1.807) is 6.92 Å². The van der Waals surface area contributed by atoms with Crippen LogP contribution in [-0.4, -0.2) is 71.6 Å². The Hall–Kier alpha value is -3.83. The molecule has 3 N–H and O–H groups in total. The van der Waals surface area contributed by atoms with E-state index in [1.807, 2.05) is 56.3 Å². The molecule has 216 valence electrons. The number of ether oxygens (including phenoxy) is 2. The molecule has 1 aromatic carbocycles. The zero-order valence-electron chi connectivity index (χ0n) is 23.9. The first-order valence-corrected chi connectivity index (χ1v) is 13.5. The average Bonchev–Trinajstić information content (AvgIpc) is 2.94. The minimum atomic E-state index is -1.20. The van der Waals surface area contributed by atoms with Crippen molar-refractivity contribution in [3.05, 3.63) is 47.7 Å². The van der Waals surface area contributed by atoms with Gasteiger partial charge in [-0.3, -0.25) is 29.2 Å². The number of amides is 3. The van der Waals surface area contributed by atoms with Crippen molar-refractivity contribution in [3.63, 3.8) is 0 Å². The van der Waals surface area contributed by atoms with Crippen LogP contribution in [0.4, 0.5) is 0 Å². The quantitative estimate of drug-likeness (QED) is 0.381. The van der Waals surface area contributed by atoms with E-state index < -0.39 is 42.1 Å². The van der Waals surface area contributed by atoms with Crippen molar-refractivity contribution >= 4 is 40.7 Å². The monoisotopic (exact) mass is 553 g/mol. The molecule has 5 atom stereocenters.